The van der Waals surface area contributed by atoms with Crippen LogP contribution in [0.2, 0.25) is 0 Å². The van der Waals surface area contributed by atoms with Crippen LogP contribution in [0.5, 0.6) is 0 Å². The number of ether oxygens (including phenoxy) is 3. The largest absolute Gasteiger partial charge is 0.475 e. The second kappa shape index (κ2) is 10.6. The molecule has 41 heavy (non-hydrogen) atoms. The molecule has 2 aliphatic rings. The van der Waals surface area contributed by atoms with Gasteiger partial charge in [-0.1, -0.05) is 18.2 Å². The fourth-order valence-corrected chi connectivity index (χ4v) is 6.75. The van der Waals surface area contributed by atoms with Crippen LogP contribution >= 0.6 is 7.82 Å². The number of carbonyl (C=O) groups is 1. The zero-order chi connectivity index (χ0) is 29.8. The lowest BCUT2D eigenvalue weighted by atomic mass is 10.1. The molecule has 5 rings (SSSR count). The Morgan fingerprint density at radius 3 is 2.37 bits per heavy atom. The number of benzene rings is 1. The van der Waals surface area contributed by atoms with E-state index in [1.807, 2.05) is 19.9 Å². The topological polar surface area (TPSA) is 133 Å². The third kappa shape index (κ3) is 6.59. The Labute approximate surface area is 239 Å². The SMILES string of the molecule is CC(C)(C)OP(=O)(OC[C@H]1O[C@@H](n2cnc3c(-c4cccc(C=O)c4)ncnc32)[C@@H]2OC(C)(C)O[C@@H]21)OC(C)(C)C. The van der Waals surface area contributed by atoms with Crippen molar-refractivity contribution in [3.63, 3.8) is 0 Å². The molecular formula is C28H37N4O8P. The van der Waals surface area contributed by atoms with Crippen molar-refractivity contribution in [3.8, 4) is 11.3 Å². The predicted molar refractivity (Wildman–Crippen MR) is 149 cm³/mol. The third-order valence-corrected chi connectivity index (χ3v) is 8.23. The smallest absolute Gasteiger partial charge is 0.347 e. The van der Waals surface area contributed by atoms with Crippen LogP contribution in [0.15, 0.2) is 36.9 Å². The van der Waals surface area contributed by atoms with Crippen molar-refractivity contribution in [1.82, 2.24) is 19.5 Å². The highest BCUT2D eigenvalue weighted by Crippen LogP contribution is 2.56. The number of phosphoric acid groups is 1. The maximum Gasteiger partial charge on any atom is 0.475 e. The van der Waals surface area contributed by atoms with Crippen LogP contribution in [0.1, 0.15) is 72.0 Å². The summed E-state index contributed by atoms with van der Waals surface area (Å²) in [6.45, 7) is 14.2. The van der Waals surface area contributed by atoms with Crippen molar-refractivity contribution < 1.29 is 37.1 Å². The average molecular weight is 589 g/mol. The van der Waals surface area contributed by atoms with E-state index in [0.717, 1.165) is 11.8 Å². The lowest BCUT2D eigenvalue weighted by Gasteiger charge is -2.32. The minimum Gasteiger partial charge on any atom is -0.347 e. The minimum atomic E-state index is -3.99. The first kappa shape index (κ1) is 29.9. The predicted octanol–water partition coefficient (Wildman–Crippen LogP) is 5.48. The number of fused-ring (bicyclic) bond motifs is 2. The van der Waals surface area contributed by atoms with E-state index in [0.29, 0.717) is 22.4 Å². The van der Waals surface area contributed by atoms with E-state index in [1.165, 1.54) is 6.33 Å². The molecule has 1 aromatic carbocycles. The Morgan fingerprint density at radius 1 is 1.02 bits per heavy atom. The van der Waals surface area contributed by atoms with Crippen molar-refractivity contribution in [3.05, 3.63) is 42.5 Å². The number of nitrogens with zero attached hydrogens (tertiary/aromatic N) is 4. The lowest BCUT2D eigenvalue weighted by Crippen LogP contribution is -2.33. The first-order valence-corrected chi connectivity index (χ1v) is 14.9. The molecule has 4 heterocycles. The molecule has 0 N–H and O–H groups in total. The normalized spacial score (nSPS) is 24.6. The summed E-state index contributed by atoms with van der Waals surface area (Å²) in [6, 6.07) is 7.12. The van der Waals surface area contributed by atoms with Gasteiger partial charge in [0.05, 0.1) is 24.1 Å². The summed E-state index contributed by atoms with van der Waals surface area (Å²) in [5.41, 5.74) is 1.33. The molecule has 2 fully saturated rings. The van der Waals surface area contributed by atoms with E-state index in [4.69, 9.17) is 27.8 Å². The molecule has 0 spiro atoms. The molecule has 0 amide bonds. The Balaban J connectivity index is 1.45. The Bertz CT molecular complexity index is 1460. The number of phosphoric ester groups is 1. The van der Waals surface area contributed by atoms with Crippen molar-refractivity contribution in [2.45, 2.75) is 96.9 Å². The van der Waals surface area contributed by atoms with Gasteiger partial charge in [-0.15, -0.1) is 0 Å². The number of carbonyl (C=O) groups excluding carboxylic acids is 1. The number of hydrogen-bond acceptors (Lipinski definition) is 11. The molecule has 222 valence electrons. The zero-order valence-corrected chi connectivity index (χ0v) is 25.5. The highest BCUT2D eigenvalue weighted by Gasteiger charge is 2.57. The van der Waals surface area contributed by atoms with E-state index >= 15 is 0 Å². The van der Waals surface area contributed by atoms with Crippen molar-refractivity contribution in [1.29, 1.82) is 0 Å². The van der Waals surface area contributed by atoms with Crippen molar-refractivity contribution >= 4 is 25.3 Å². The van der Waals surface area contributed by atoms with Crippen molar-refractivity contribution in [2.24, 2.45) is 0 Å². The van der Waals surface area contributed by atoms with Crippen LogP contribution in [0.4, 0.5) is 0 Å². The van der Waals surface area contributed by atoms with Crippen LogP contribution < -0.4 is 0 Å². The summed E-state index contributed by atoms with van der Waals surface area (Å²) in [4.78, 5) is 24.8. The Morgan fingerprint density at radius 2 is 1.71 bits per heavy atom. The number of aromatic nitrogens is 4. The minimum absolute atomic E-state index is 0.133. The second-order valence-electron chi connectivity index (χ2n) is 12.6. The van der Waals surface area contributed by atoms with E-state index < -0.39 is 49.4 Å². The van der Waals surface area contributed by atoms with Gasteiger partial charge in [0, 0.05) is 11.1 Å². The summed E-state index contributed by atoms with van der Waals surface area (Å²) in [5, 5.41) is 0. The van der Waals surface area contributed by atoms with Crippen LogP contribution in [0, 0.1) is 0 Å². The average Bonchev–Trinajstić information content (AvgIpc) is 3.51. The highest BCUT2D eigenvalue weighted by molar-refractivity contribution is 7.48. The number of rotatable bonds is 8. The molecular weight excluding hydrogens is 551 g/mol. The van der Waals surface area contributed by atoms with Crippen molar-refractivity contribution in [2.75, 3.05) is 6.61 Å². The second-order valence-corrected chi connectivity index (χ2v) is 14.1. The maximum absolute atomic E-state index is 13.7. The van der Waals surface area contributed by atoms with Crippen LogP contribution in [-0.2, 0) is 32.3 Å². The van der Waals surface area contributed by atoms with E-state index in [1.54, 1.807) is 70.6 Å². The number of imidazole rings is 1. The highest BCUT2D eigenvalue weighted by atomic mass is 31.2. The molecule has 0 saturated carbocycles. The number of hydrogen-bond donors (Lipinski definition) is 0. The molecule has 0 bridgehead atoms. The van der Waals surface area contributed by atoms with Gasteiger partial charge < -0.3 is 14.2 Å². The van der Waals surface area contributed by atoms with Gasteiger partial charge in [0.2, 0.25) is 0 Å². The summed E-state index contributed by atoms with van der Waals surface area (Å²) in [6.07, 6.45) is 1.39. The number of aldehydes is 1. The van der Waals surface area contributed by atoms with Gasteiger partial charge in [-0.2, -0.15) is 0 Å². The molecule has 2 aromatic heterocycles. The van der Waals surface area contributed by atoms with Crippen LogP contribution in [0.3, 0.4) is 0 Å². The van der Waals surface area contributed by atoms with Gasteiger partial charge >= 0.3 is 7.82 Å². The standard InChI is InChI=1S/C28H37N4O8P/c1-26(2,3)39-41(34,40-27(4,5)6)35-14-19-22-23(38-28(7,8)37-22)25(36-19)32-16-31-21-20(29-15-30-24(21)32)18-11-9-10-17(12-18)13-33/h9-13,15-16,19,22-23,25H,14H2,1-8H3/t19-,22-,23-,25-/m1/s1. The summed E-state index contributed by atoms with van der Waals surface area (Å²) >= 11 is 0. The molecule has 12 nitrogen and oxygen atoms in total. The quantitative estimate of drug-likeness (QED) is 0.245. The van der Waals surface area contributed by atoms with Crippen LogP contribution in [0.25, 0.3) is 22.4 Å². The first-order chi connectivity index (χ1) is 19.1. The van der Waals surface area contributed by atoms with Gasteiger partial charge in [0.1, 0.15) is 42.1 Å². The fraction of sp³-hybridized carbons (Fsp3) is 0.571. The molecule has 13 heteroatoms. The lowest BCUT2D eigenvalue weighted by molar-refractivity contribution is -0.199. The summed E-state index contributed by atoms with van der Waals surface area (Å²) < 4.78 is 51.7. The molecule has 0 unspecified atom stereocenters. The van der Waals surface area contributed by atoms with Gasteiger partial charge in [-0.05, 0) is 61.5 Å². The van der Waals surface area contributed by atoms with Crippen LogP contribution in [-0.4, -0.2) is 67.7 Å². The zero-order valence-electron chi connectivity index (χ0n) is 24.6. The molecule has 0 radical (unpaired) electrons. The van der Waals surface area contributed by atoms with E-state index in [2.05, 4.69) is 15.0 Å². The molecule has 4 atom stereocenters. The van der Waals surface area contributed by atoms with E-state index in [-0.39, 0.29) is 6.61 Å². The third-order valence-electron chi connectivity index (χ3n) is 6.22. The molecule has 2 saturated heterocycles. The van der Waals surface area contributed by atoms with Gasteiger partial charge in [-0.3, -0.25) is 22.9 Å². The Kier molecular flexibility index (Phi) is 7.74. The van der Waals surface area contributed by atoms with E-state index in [9.17, 15) is 9.36 Å². The van der Waals surface area contributed by atoms with Gasteiger partial charge in [0.25, 0.3) is 0 Å². The molecule has 0 aliphatic carbocycles. The van der Waals surface area contributed by atoms with Gasteiger partial charge in [-0.25, -0.2) is 19.5 Å². The van der Waals surface area contributed by atoms with Gasteiger partial charge in [0.15, 0.2) is 17.7 Å². The molecule has 2 aliphatic heterocycles. The first-order valence-electron chi connectivity index (χ1n) is 13.5. The fourth-order valence-electron chi connectivity index (χ4n) is 4.93. The monoisotopic (exact) mass is 588 g/mol. The summed E-state index contributed by atoms with van der Waals surface area (Å²) in [7, 11) is -3.99. The molecule has 3 aromatic rings. The summed E-state index contributed by atoms with van der Waals surface area (Å²) in [5.74, 6) is -0.894. The Hall–Kier alpha value is -2.57. The maximum atomic E-state index is 13.7.